The van der Waals surface area contributed by atoms with E-state index in [1.165, 1.54) is 19.2 Å². The van der Waals surface area contributed by atoms with Crippen molar-refractivity contribution >= 4 is 12.4 Å². The molecule has 0 radical (unpaired) electrons. The van der Waals surface area contributed by atoms with Crippen molar-refractivity contribution in [3.05, 3.63) is 29.3 Å². The van der Waals surface area contributed by atoms with Crippen molar-refractivity contribution in [2.24, 2.45) is 11.7 Å². The Balaban J connectivity index is 0.00000220. The molecule has 0 aliphatic heterocycles. The van der Waals surface area contributed by atoms with E-state index >= 15 is 0 Å². The summed E-state index contributed by atoms with van der Waals surface area (Å²) >= 11 is 0. The summed E-state index contributed by atoms with van der Waals surface area (Å²) in [7, 11) is 1.30. The van der Waals surface area contributed by atoms with Gasteiger partial charge in [0, 0.05) is 0 Å². The molecule has 0 bridgehead atoms. The number of methoxy groups -OCH3 is 1. The first kappa shape index (κ1) is 18.1. The van der Waals surface area contributed by atoms with Crippen LogP contribution in [0.15, 0.2) is 18.2 Å². The maximum Gasteiger partial charge on any atom is 0.416 e. The summed E-state index contributed by atoms with van der Waals surface area (Å²) in [5.74, 6) is 0.111. The van der Waals surface area contributed by atoms with Gasteiger partial charge in [-0.05, 0) is 36.5 Å². The van der Waals surface area contributed by atoms with E-state index in [9.17, 15) is 18.3 Å². The van der Waals surface area contributed by atoms with Gasteiger partial charge in [0.2, 0.25) is 0 Å². The molecule has 1 aromatic carbocycles. The molecule has 120 valence electrons. The Kier molecular flexibility index (Phi) is 5.90. The summed E-state index contributed by atoms with van der Waals surface area (Å²) in [5.41, 5.74) is 4.92. The zero-order chi connectivity index (χ0) is 14.9. The van der Waals surface area contributed by atoms with Crippen LogP contribution in [0.3, 0.4) is 0 Å². The molecule has 0 spiro atoms. The van der Waals surface area contributed by atoms with Gasteiger partial charge in [0.15, 0.2) is 0 Å². The van der Waals surface area contributed by atoms with Crippen LogP contribution >= 0.6 is 12.4 Å². The molecule has 1 aliphatic carbocycles. The summed E-state index contributed by atoms with van der Waals surface area (Å²) in [6.07, 6.45) is -2.86. The molecule has 7 heteroatoms. The number of hydrogen-bond donors (Lipinski definition) is 2. The second-order valence-electron chi connectivity index (χ2n) is 5.16. The van der Waals surface area contributed by atoms with Gasteiger partial charge in [-0.25, -0.2) is 0 Å². The second-order valence-corrected chi connectivity index (χ2v) is 5.16. The Morgan fingerprint density at radius 2 is 1.95 bits per heavy atom. The van der Waals surface area contributed by atoms with E-state index in [1.54, 1.807) is 0 Å². The molecule has 0 heterocycles. The number of ether oxygens (including phenoxy) is 1. The minimum Gasteiger partial charge on any atom is -0.497 e. The molecule has 0 unspecified atom stereocenters. The summed E-state index contributed by atoms with van der Waals surface area (Å²) in [6.45, 7) is 0. The highest BCUT2D eigenvalue weighted by molar-refractivity contribution is 5.85. The minimum atomic E-state index is -4.53. The van der Waals surface area contributed by atoms with Gasteiger partial charge in [0.1, 0.15) is 5.75 Å². The van der Waals surface area contributed by atoms with Crippen molar-refractivity contribution in [1.82, 2.24) is 0 Å². The van der Waals surface area contributed by atoms with E-state index in [-0.39, 0.29) is 29.6 Å². The number of alkyl halides is 3. The van der Waals surface area contributed by atoms with Crippen LogP contribution in [0.2, 0.25) is 0 Å². The summed E-state index contributed by atoms with van der Waals surface area (Å²) in [5, 5.41) is 10.1. The number of benzene rings is 1. The van der Waals surface area contributed by atoms with Crippen LogP contribution in [0.25, 0.3) is 0 Å². The molecular weight excluding hydrogens is 307 g/mol. The van der Waals surface area contributed by atoms with Crippen LogP contribution in [-0.2, 0) is 6.18 Å². The molecular formula is C14H19ClF3NO2. The van der Waals surface area contributed by atoms with Gasteiger partial charge in [-0.1, -0.05) is 12.5 Å². The number of hydrogen-bond acceptors (Lipinski definition) is 3. The van der Waals surface area contributed by atoms with E-state index in [2.05, 4.69) is 0 Å². The van der Waals surface area contributed by atoms with Gasteiger partial charge >= 0.3 is 6.18 Å². The van der Waals surface area contributed by atoms with E-state index in [0.29, 0.717) is 0 Å². The Bertz CT molecular complexity index is 478. The highest BCUT2D eigenvalue weighted by atomic mass is 35.5. The van der Waals surface area contributed by atoms with E-state index < -0.39 is 23.9 Å². The van der Waals surface area contributed by atoms with Gasteiger partial charge in [0.25, 0.3) is 0 Å². The molecule has 1 aromatic rings. The number of halogens is 4. The summed E-state index contributed by atoms with van der Waals surface area (Å²) in [4.78, 5) is 0. The number of aliphatic hydroxyl groups excluding tert-OH is 1. The molecule has 2 rings (SSSR count). The first-order valence-electron chi connectivity index (χ1n) is 6.53. The largest absolute Gasteiger partial charge is 0.497 e. The van der Waals surface area contributed by atoms with Crippen molar-refractivity contribution in [3.8, 4) is 5.75 Å². The van der Waals surface area contributed by atoms with Crippen LogP contribution in [-0.4, -0.2) is 18.3 Å². The fourth-order valence-corrected chi connectivity index (χ4v) is 2.46. The van der Waals surface area contributed by atoms with Crippen molar-refractivity contribution < 1.29 is 23.0 Å². The molecule has 1 saturated carbocycles. The number of aliphatic hydroxyl groups is 1. The molecule has 0 saturated heterocycles. The third kappa shape index (κ3) is 3.81. The van der Waals surface area contributed by atoms with Gasteiger partial charge in [-0.15, -0.1) is 12.4 Å². The third-order valence-electron chi connectivity index (χ3n) is 3.93. The molecule has 3 N–H and O–H groups in total. The van der Waals surface area contributed by atoms with Crippen molar-refractivity contribution in [2.75, 3.05) is 7.11 Å². The normalized spacial score (nSPS) is 18.4. The highest BCUT2D eigenvalue weighted by Gasteiger charge is 2.38. The molecule has 1 aliphatic rings. The standard InChI is InChI=1S/C14H18F3NO2.ClH/c1-20-9-5-6-10(11(7-9)14(15,16)17)12(18)13(19)8-3-2-4-8;/h5-8,12-13,19H,2-4,18H2,1H3;1H/t12-,13+;/m1./s1. The Morgan fingerprint density at radius 1 is 1.33 bits per heavy atom. The fourth-order valence-electron chi connectivity index (χ4n) is 2.46. The lowest BCUT2D eigenvalue weighted by Crippen LogP contribution is -2.37. The fraction of sp³-hybridized carbons (Fsp3) is 0.571. The van der Waals surface area contributed by atoms with E-state index in [0.717, 1.165) is 25.3 Å². The van der Waals surface area contributed by atoms with Crippen LogP contribution in [0.4, 0.5) is 13.2 Å². The van der Waals surface area contributed by atoms with Crippen molar-refractivity contribution in [1.29, 1.82) is 0 Å². The van der Waals surface area contributed by atoms with Crippen LogP contribution in [0, 0.1) is 5.92 Å². The monoisotopic (exact) mass is 325 g/mol. The lowest BCUT2D eigenvalue weighted by Gasteiger charge is -2.34. The number of nitrogens with two attached hydrogens (primary N) is 1. The van der Waals surface area contributed by atoms with Gasteiger partial charge in [-0.3, -0.25) is 0 Å². The van der Waals surface area contributed by atoms with Gasteiger partial charge < -0.3 is 15.6 Å². The van der Waals surface area contributed by atoms with Crippen LogP contribution in [0.5, 0.6) is 5.75 Å². The maximum absolute atomic E-state index is 13.1. The minimum absolute atomic E-state index is 0. The number of rotatable bonds is 4. The average Bonchev–Trinajstić information content (AvgIpc) is 2.34. The Labute approximate surface area is 127 Å². The van der Waals surface area contributed by atoms with Gasteiger partial charge in [-0.2, -0.15) is 13.2 Å². The molecule has 21 heavy (non-hydrogen) atoms. The summed E-state index contributed by atoms with van der Waals surface area (Å²) in [6, 6.07) is 2.59. The first-order chi connectivity index (χ1) is 9.34. The van der Waals surface area contributed by atoms with E-state index in [1.807, 2.05) is 0 Å². The molecule has 1 fully saturated rings. The lowest BCUT2D eigenvalue weighted by atomic mass is 9.77. The summed E-state index contributed by atoms with van der Waals surface area (Å²) < 4.78 is 44.1. The van der Waals surface area contributed by atoms with Crippen LogP contribution < -0.4 is 10.5 Å². The van der Waals surface area contributed by atoms with Gasteiger partial charge in [0.05, 0.1) is 24.8 Å². The topological polar surface area (TPSA) is 55.5 Å². The van der Waals surface area contributed by atoms with E-state index in [4.69, 9.17) is 10.5 Å². The first-order valence-corrected chi connectivity index (χ1v) is 6.53. The van der Waals surface area contributed by atoms with Crippen molar-refractivity contribution in [3.63, 3.8) is 0 Å². The molecule has 3 nitrogen and oxygen atoms in total. The molecule has 0 amide bonds. The Morgan fingerprint density at radius 3 is 2.38 bits per heavy atom. The zero-order valence-corrected chi connectivity index (χ0v) is 12.4. The van der Waals surface area contributed by atoms with Crippen molar-refractivity contribution in [2.45, 2.75) is 37.6 Å². The average molecular weight is 326 g/mol. The smallest absolute Gasteiger partial charge is 0.416 e. The Hall–Kier alpha value is -0.980. The zero-order valence-electron chi connectivity index (χ0n) is 11.6. The highest BCUT2D eigenvalue weighted by Crippen LogP contribution is 2.40. The second kappa shape index (κ2) is 6.85. The lowest BCUT2D eigenvalue weighted by molar-refractivity contribution is -0.138. The molecule has 0 aromatic heterocycles. The maximum atomic E-state index is 13.1. The quantitative estimate of drug-likeness (QED) is 0.893. The molecule has 2 atom stereocenters. The van der Waals surface area contributed by atoms with Crippen LogP contribution in [0.1, 0.15) is 36.4 Å². The third-order valence-corrected chi connectivity index (χ3v) is 3.93. The SMILES string of the molecule is COc1ccc([C@@H](N)[C@@H](O)C2CCC2)c(C(F)(F)F)c1.Cl. The predicted octanol–water partition coefficient (Wildman–Crippen LogP) is 3.30. The predicted molar refractivity (Wildman–Crippen MR) is 75.5 cm³/mol.